The molecule has 1 amide bonds. The number of benzene rings is 2. The molecular weight excluding hydrogens is 346 g/mol. The maximum Gasteiger partial charge on any atom is 0.325 e. The largest absolute Gasteiger partial charge is 0.497 e. The summed E-state index contributed by atoms with van der Waals surface area (Å²) in [5, 5.41) is 7.31. The lowest BCUT2D eigenvalue weighted by atomic mass is 10.1. The number of fused-ring (bicyclic) bond motifs is 1. The minimum Gasteiger partial charge on any atom is -0.497 e. The van der Waals surface area contributed by atoms with E-state index in [-0.39, 0.29) is 12.5 Å². The van der Waals surface area contributed by atoms with E-state index in [9.17, 15) is 9.59 Å². The molecule has 0 bridgehead atoms. The summed E-state index contributed by atoms with van der Waals surface area (Å²) in [6.07, 6.45) is 1.49. The molecule has 27 heavy (non-hydrogen) atoms. The van der Waals surface area contributed by atoms with Gasteiger partial charge in [-0.1, -0.05) is 24.3 Å². The van der Waals surface area contributed by atoms with Gasteiger partial charge in [-0.3, -0.25) is 9.59 Å². The minimum absolute atomic E-state index is 0.199. The number of rotatable bonds is 6. The first-order valence-electron chi connectivity index (χ1n) is 8.26. The highest BCUT2D eigenvalue weighted by atomic mass is 16.5. The van der Waals surface area contributed by atoms with Gasteiger partial charge in [-0.25, -0.2) is 4.98 Å². The van der Waals surface area contributed by atoms with Gasteiger partial charge in [0.05, 0.1) is 19.8 Å². The summed E-state index contributed by atoms with van der Waals surface area (Å²) in [5.41, 5.74) is 1.23. The number of methoxy groups -OCH3 is 2. The molecule has 0 atom stereocenters. The van der Waals surface area contributed by atoms with Crippen molar-refractivity contribution >= 4 is 34.2 Å². The fourth-order valence-corrected chi connectivity index (χ4v) is 2.60. The SMILES string of the molecule is COC(=O)CNC(=O)c1cnc(Nc2ccc(OC)cc2)c2ccccc12. The predicted molar refractivity (Wildman–Crippen MR) is 102 cm³/mol. The van der Waals surface area contributed by atoms with Crippen molar-refractivity contribution in [3.05, 3.63) is 60.3 Å². The molecule has 7 nitrogen and oxygen atoms in total. The number of carbonyl (C=O) groups excluding carboxylic acids is 2. The Morgan fingerprint density at radius 2 is 1.70 bits per heavy atom. The molecule has 0 spiro atoms. The Hall–Kier alpha value is -3.61. The Morgan fingerprint density at radius 1 is 1.00 bits per heavy atom. The van der Waals surface area contributed by atoms with Crippen LogP contribution in [-0.4, -0.2) is 37.6 Å². The third-order valence-corrected chi connectivity index (χ3v) is 4.01. The Bertz CT molecular complexity index is 971. The van der Waals surface area contributed by atoms with E-state index in [1.54, 1.807) is 7.11 Å². The third-order valence-electron chi connectivity index (χ3n) is 4.01. The molecule has 3 aromatic rings. The monoisotopic (exact) mass is 365 g/mol. The highest BCUT2D eigenvalue weighted by Crippen LogP contribution is 2.27. The zero-order valence-electron chi connectivity index (χ0n) is 15.0. The van der Waals surface area contributed by atoms with Gasteiger partial charge >= 0.3 is 5.97 Å². The maximum absolute atomic E-state index is 12.4. The number of aromatic nitrogens is 1. The average Bonchev–Trinajstić information content (AvgIpc) is 2.72. The zero-order chi connectivity index (χ0) is 19.2. The molecule has 0 radical (unpaired) electrons. The van der Waals surface area contributed by atoms with Crippen molar-refractivity contribution in [3.8, 4) is 5.75 Å². The van der Waals surface area contributed by atoms with Crippen molar-refractivity contribution in [3.63, 3.8) is 0 Å². The number of hydrogen-bond acceptors (Lipinski definition) is 6. The molecule has 138 valence electrons. The standard InChI is InChI=1S/C20H19N3O4/c1-26-14-9-7-13(8-10-14)23-19-16-6-4-3-5-15(16)17(11-21-19)20(25)22-12-18(24)27-2/h3-11H,12H2,1-2H3,(H,21,23)(H,22,25). The molecule has 0 aliphatic heterocycles. The van der Waals surface area contributed by atoms with Gasteiger partial charge < -0.3 is 20.1 Å². The van der Waals surface area contributed by atoms with Crippen LogP contribution in [0.3, 0.4) is 0 Å². The van der Waals surface area contributed by atoms with Crippen LogP contribution in [0.5, 0.6) is 5.75 Å². The molecule has 1 heterocycles. The van der Waals surface area contributed by atoms with Gasteiger partial charge in [0.15, 0.2) is 0 Å². The average molecular weight is 365 g/mol. The number of nitrogens with zero attached hydrogens (tertiary/aromatic N) is 1. The number of anilines is 2. The molecule has 0 saturated heterocycles. The second kappa shape index (κ2) is 8.18. The number of amides is 1. The summed E-state index contributed by atoms with van der Waals surface area (Å²) in [6.45, 7) is -0.199. The maximum atomic E-state index is 12.4. The van der Waals surface area contributed by atoms with Gasteiger partial charge in [-0.05, 0) is 29.7 Å². The Kier molecular flexibility index (Phi) is 5.51. The topological polar surface area (TPSA) is 89.5 Å². The summed E-state index contributed by atoms with van der Waals surface area (Å²) in [4.78, 5) is 28.1. The number of nitrogens with one attached hydrogen (secondary N) is 2. The van der Waals surface area contributed by atoms with Gasteiger partial charge in [-0.2, -0.15) is 0 Å². The summed E-state index contributed by atoms with van der Waals surface area (Å²) >= 11 is 0. The molecular formula is C20H19N3O4. The van der Waals surface area contributed by atoms with Crippen molar-refractivity contribution in [2.75, 3.05) is 26.1 Å². The normalized spacial score (nSPS) is 10.3. The van der Waals surface area contributed by atoms with Crippen molar-refractivity contribution in [1.29, 1.82) is 0 Å². The van der Waals surface area contributed by atoms with Crippen LogP contribution in [0.1, 0.15) is 10.4 Å². The van der Waals surface area contributed by atoms with E-state index >= 15 is 0 Å². The lowest BCUT2D eigenvalue weighted by Gasteiger charge is -2.12. The first-order valence-corrected chi connectivity index (χ1v) is 8.26. The van der Waals surface area contributed by atoms with Crippen LogP contribution >= 0.6 is 0 Å². The van der Waals surface area contributed by atoms with E-state index in [1.165, 1.54) is 13.3 Å². The van der Waals surface area contributed by atoms with E-state index in [0.29, 0.717) is 11.4 Å². The zero-order valence-corrected chi connectivity index (χ0v) is 15.0. The van der Waals surface area contributed by atoms with Crippen LogP contribution in [0.15, 0.2) is 54.7 Å². The van der Waals surface area contributed by atoms with Gasteiger partial charge in [0.1, 0.15) is 18.1 Å². The van der Waals surface area contributed by atoms with Crippen LogP contribution in [0.2, 0.25) is 0 Å². The van der Waals surface area contributed by atoms with Gasteiger partial charge in [0, 0.05) is 17.3 Å². The predicted octanol–water partition coefficient (Wildman–Crippen LogP) is 2.89. The lowest BCUT2D eigenvalue weighted by Crippen LogP contribution is -2.30. The van der Waals surface area contributed by atoms with Crippen LogP contribution < -0.4 is 15.4 Å². The highest BCUT2D eigenvalue weighted by Gasteiger charge is 2.14. The Labute approximate surface area is 156 Å². The Morgan fingerprint density at radius 3 is 2.37 bits per heavy atom. The molecule has 0 aliphatic carbocycles. The fourth-order valence-electron chi connectivity index (χ4n) is 2.60. The molecule has 3 rings (SSSR count). The van der Waals surface area contributed by atoms with Gasteiger partial charge in [0.25, 0.3) is 5.91 Å². The second-order valence-electron chi connectivity index (χ2n) is 5.68. The minimum atomic E-state index is -0.515. The van der Waals surface area contributed by atoms with Crippen molar-refractivity contribution in [1.82, 2.24) is 10.3 Å². The number of carbonyl (C=O) groups is 2. The molecule has 2 N–H and O–H groups in total. The van der Waals surface area contributed by atoms with Gasteiger partial charge in [0.2, 0.25) is 0 Å². The van der Waals surface area contributed by atoms with Crippen molar-refractivity contribution in [2.45, 2.75) is 0 Å². The lowest BCUT2D eigenvalue weighted by molar-refractivity contribution is -0.139. The quantitative estimate of drug-likeness (QED) is 0.653. The summed E-state index contributed by atoms with van der Waals surface area (Å²) in [5.74, 6) is 0.481. The number of hydrogen-bond donors (Lipinski definition) is 2. The number of ether oxygens (including phenoxy) is 2. The molecule has 0 unspecified atom stereocenters. The first-order chi connectivity index (χ1) is 13.1. The molecule has 0 fully saturated rings. The Balaban J connectivity index is 1.90. The summed E-state index contributed by atoms with van der Waals surface area (Å²) < 4.78 is 9.70. The summed E-state index contributed by atoms with van der Waals surface area (Å²) in [7, 11) is 2.88. The summed E-state index contributed by atoms with van der Waals surface area (Å²) in [6, 6.07) is 14.9. The van der Waals surface area contributed by atoms with Gasteiger partial charge in [-0.15, -0.1) is 0 Å². The molecule has 7 heteroatoms. The third kappa shape index (κ3) is 4.14. The first kappa shape index (κ1) is 18.2. The molecule has 0 aliphatic rings. The smallest absolute Gasteiger partial charge is 0.325 e. The van der Waals surface area contributed by atoms with Crippen LogP contribution in [0.4, 0.5) is 11.5 Å². The fraction of sp³-hybridized carbons (Fsp3) is 0.150. The number of esters is 1. The van der Waals surface area contributed by atoms with E-state index in [4.69, 9.17) is 4.74 Å². The molecule has 0 saturated carbocycles. The highest BCUT2D eigenvalue weighted by molar-refractivity contribution is 6.10. The number of pyridine rings is 1. The second-order valence-corrected chi connectivity index (χ2v) is 5.68. The van der Waals surface area contributed by atoms with E-state index in [2.05, 4.69) is 20.4 Å². The molecule has 2 aromatic carbocycles. The molecule has 1 aromatic heterocycles. The van der Waals surface area contributed by atoms with Crippen LogP contribution in [0, 0.1) is 0 Å². The van der Waals surface area contributed by atoms with E-state index < -0.39 is 5.97 Å². The van der Waals surface area contributed by atoms with Crippen LogP contribution in [0.25, 0.3) is 10.8 Å². The van der Waals surface area contributed by atoms with E-state index in [0.717, 1.165) is 22.2 Å². The van der Waals surface area contributed by atoms with Crippen molar-refractivity contribution < 1.29 is 19.1 Å². The van der Waals surface area contributed by atoms with Crippen molar-refractivity contribution in [2.24, 2.45) is 0 Å². The van der Waals surface area contributed by atoms with E-state index in [1.807, 2.05) is 48.5 Å². The van der Waals surface area contributed by atoms with Crippen LogP contribution in [-0.2, 0) is 9.53 Å².